The summed E-state index contributed by atoms with van der Waals surface area (Å²) in [5.74, 6) is -2.35. The number of imidazole rings is 2. The molecule has 0 aliphatic carbocycles. The molecular formula is C28H22F8N4. The summed E-state index contributed by atoms with van der Waals surface area (Å²) in [6.07, 6.45) is -8.56. The zero-order chi connectivity index (χ0) is 29.0. The molecule has 0 saturated carbocycles. The van der Waals surface area contributed by atoms with E-state index in [2.05, 4.69) is 9.97 Å². The van der Waals surface area contributed by atoms with Gasteiger partial charge in [0.05, 0.1) is 33.2 Å². The van der Waals surface area contributed by atoms with Gasteiger partial charge in [0.15, 0.2) is 0 Å². The molecule has 2 heterocycles. The van der Waals surface area contributed by atoms with Gasteiger partial charge < -0.3 is 9.13 Å². The van der Waals surface area contributed by atoms with Crippen molar-refractivity contribution in [2.75, 3.05) is 0 Å². The molecule has 5 aromatic rings. The van der Waals surface area contributed by atoms with Crippen LogP contribution < -0.4 is 0 Å². The SMILES string of the molecule is CCCn1c(-c2ccc(F)c(C(F)(F)F)c2)nc2cc3nc(-c4ccc(F)c(C(F)(F)F)c4)n(CCC)c3cc21. The Kier molecular flexibility index (Phi) is 6.83. The molecule has 0 aliphatic rings. The first kappa shape index (κ1) is 27.6. The van der Waals surface area contributed by atoms with Gasteiger partial charge in [0.1, 0.15) is 23.3 Å². The van der Waals surface area contributed by atoms with Gasteiger partial charge in [-0.3, -0.25) is 0 Å². The molecule has 0 fully saturated rings. The maximum Gasteiger partial charge on any atom is 0.419 e. The van der Waals surface area contributed by atoms with E-state index in [1.165, 1.54) is 12.1 Å². The molecule has 0 atom stereocenters. The molecule has 5 rings (SSSR count). The van der Waals surface area contributed by atoms with Gasteiger partial charge in [-0.1, -0.05) is 13.8 Å². The third-order valence-electron chi connectivity index (χ3n) is 6.57. The Hall–Kier alpha value is -3.96. The van der Waals surface area contributed by atoms with Crippen LogP contribution in [0.1, 0.15) is 37.8 Å². The summed E-state index contributed by atoms with van der Waals surface area (Å²) in [6, 6.07) is 8.78. The summed E-state index contributed by atoms with van der Waals surface area (Å²) in [4.78, 5) is 9.09. The maximum atomic E-state index is 13.9. The first-order valence-electron chi connectivity index (χ1n) is 12.5. The van der Waals surface area contributed by atoms with Crippen molar-refractivity contribution >= 4 is 22.1 Å². The third kappa shape index (κ3) is 4.79. The minimum Gasteiger partial charge on any atom is -0.324 e. The zero-order valence-corrected chi connectivity index (χ0v) is 21.3. The van der Waals surface area contributed by atoms with Crippen LogP contribution in [0.3, 0.4) is 0 Å². The minimum absolute atomic E-state index is 0.0825. The van der Waals surface area contributed by atoms with Gasteiger partial charge in [0.2, 0.25) is 0 Å². The average Bonchev–Trinajstić information content (AvgIpc) is 3.40. The van der Waals surface area contributed by atoms with E-state index in [4.69, 9.17) is 0 Å². The number of hydrogen-bond acceptors (Lipinski definition) is 2. The van der Waals surface area contributed by atoms with Crippen molar-refractivity contribution in [2.45, 2.75) is 52.1 Å². The molecule has 0 saturated heterocycles. The Morgan fingerprint density at radius 2 is 1.00 bits per heavy atom. The number of benzene rings is 3. The van der Waals surface area contributed by atoms with Gasteiger partial charge in [-0.25, -0.2) is 18.7 Å². The van der Waals surface area contributed by atoms with E-state index in [-0.39, 0.29) is 22.8 Å². The van der Waals surface area contributed by atoms with Gasteiger partial charge in [0, 0.05) is 24.2 Å². The van der Waals surface area contributed by atoms with Gasteiger partial charge in [0.25, 0.3) is 0 Å². The number of fused-ring (bicyclic) bond motifs is 2. The Labute approximate surface area is 222 Å². The molecule has 12 heteroatoms. The number of halogens is 8. The van der Waals surface area contributed by atoms with Crippen LogP contribution in [0.2, 0.25) is 0 Å². The fraction of sp³-hybridized carbons (Fsp3) is 0.286. The first-order chi connectivity index (χ1) is 18.8. The topological polar surface area (TPSA) is 35.6 Å². The Morgan fingerprint density at radius 3 is 1.35 bits per heavy atom. The van der Waals surface area contributed by atoms with Crippen molar-refractivity contribution in [3.8, 4) is 22.8 Å². The summed E-state index contributed by atoms with van der Waals surface area (Å²) in [7, 11) is 0. The normalized spacial score (nSPS) is 12.7. The Balaban J connectivity index is 1.73. The molecule has 0 radical (unpaired) electrons. The van der Waals surface area contributed by atoms with Gasteiger partial charge >= 0.3 is 12.4 Å². The lowest BCUT2D eigenvalue weighted by molar-refractivity contribution is -0.140. The molecule has 0 bridgehead atoms. The number of nitrogens with zero attached hydrogens (tertiary/aromatic N) is 4. The summed E-state index contributed by atoms with van der Waals surface area (Å²) >= 11 is 0. The standard InChI is InChI=1S/C28H22F8N4/c1-3-9-39-23-14-24-22(13-21(23)37-25(39)15-5-7-19(29)17(11-15)27(31,32)33)38-26(40(24)10-4-2)16-6-8-20(30)18(12-16)28(34,35)36/h5-8,11-14H,3-4,9-10H2,1-2H3. The zero-order valence-electron chi connectivity index (χ0n) is 21.3. The summed E-state index contributed by atoms with van der Waals surface area (Å²) in [6.45, 7) is 4.54. The van der Waals surface area contributed by atoms with Crippen LogP contribution >= 0.6 is 0 Å². The number of aryl methyl sites for hydroxylation is 2. The minimum atomic E-state index is -4.89. The average molecular weight is 566 g/mol. The molecule has 0 aliphatic heterocycles. The summed E-state index contributed by atoms with van der Waals surface area (Å²) in [5, 5.41) is 0. The lowest BCUT2D eigenvalue weighted by Crippen LogP contribution is -2.09. The van der Waals surface area contributed by atoms with Gasteiger partial charge in [-0.2, -0.15) is 26.3 Å². The largest absolute Gasteiger partial charge is 0.419 e. The summed E-state index contributed by atoms with van der Waals surface area (Å²) in [5.41, 5.74) is -0.694. The monoisotopic (exact) mass is 566 g/mol. The van der Waals surface area contributed by atoms with E-state index in [0.29, 0.717) is 48.0 Å². The van der Waals surface area contributed by atoms with Crippen molar-refractivity contribution in [2.24, 2.45) is 0 Å². The third-order valence-corrected chi connectivity index (χ3v) is 6.57. The van der Waals surface area contributed by atoms with Crippen molar-refractivity contribution in [3.63, 3.8) is 0 Å². The van der Waals surface area contributed by atoms with Crippen LogP contribution in [-0.2, 0) is 25.4 Å². The number of alkyl halides is 6. The highest BCUT2D eigenvalue weighted by Crippen LogP contribution is 2.38. The van der Waals surface area contributed by atoms with Crippen molar-refractivity contribution < 1.29 is 35.1 Å². The fourth-order valence-electron chi connectivity index (χ4n) is 4.85. The van der Waals surface area contributed by atoms with Crippen molar-refractivity contribution in [1.29, 1.82) is 0 Å². The van der Waals surface area contributed by atoms with E-state index in [1.807, 2.05) is 13.8 Å². The molecule has 0 unspecified atom stereocenters. The Bertz CT molecular complexity index is 1600. The van der Waals surface area contributed by atoms with Gasteiger partial charge in [-0.15, -0.1) is 0 Å². The molecule has 3 aromatic carbocycles. The van der Waals surface area contributed by atoms with Crippen molar-refractivity contribution in [3.05, 3.63) is 71.3 Å². The van der Waals surface area contributed by atoms with Crippen LogP contribution in [-0.4, -0.2) is 19.1 Å². The highest BCUT2D eigenvalue weighted by molar-refractivity contribution is 5.95. The van der Waals surface area contributed by atoms with E-state index in [1.54, 1.807) is 21.3 Å². The summed E-state index contributed by atoms with van der Waals surface area (Å²) < 4.78 is 112. The van der Waals surface area contributed by atoms with E-state index in [9.17, 15) is 35.1 Å². The smallest absolute Gasteiger partial charge is 0.324 e. The molecule has 2 aromatic heterocycles. The molecule has 0 amide bonds. The molecule has 4 nitrogen and oxygen atoms in total. The second-order valence-electron chi connectivity index (χ2n) is 9.39. The first-order valence-corrected chi connectivity index (χ1v) is 12.5. The lowest BCUT2D eigenvalue weighted by Gasteiger charge is -2.12. The lowest BCUT2D eigenvalue weighted by atomic mass is 10.1. The number of aromatic nitrogens is 4. The van der Waals surface area contributed by atoms with Crippen LogP contribution in [0, 0.1) is 11.6 Å². The van der Waals surface area contributed by atoms with Gasteiger partial charge in [-0.05, 0) is 61.4 Å². The van der Waals surface area contributed by atoms with Crippen LogP contribution in [0.25, 0.3) is 44.8 Å². The van der Waals surface area contributed by atoms with Crippen LogP contribution in [0.4, 0.5) is 35.1 Å². The van der Waals surface area contributed by atoms with E-state index in [0.717, 1.165) is 24.3 Å². The molecule has 40 heavy (non-hydrogen) atoms. The van der Waals surface area contributed by atoms with E-state index >= 15 is 0 Å². The maximum absolute atomic E-state index is 13.9. The van der Waals surface area contributed by atoms with Crippen LogP contribution in [0.5, 0.6) is 0 Å². The van der Waals surface area contributed by atoms with Crippen LogP contribution in [0.15, 0.2) is 48.5 Å². The quantitative estimate of drug-likeness (QED) is 0.193. The molecular weight excluding hydrogens is 544 g/mol. The predicted octanol–water partition coefficient (Wildman–Crippen LogP) is 8.86. The molecule has 210 valence electrons. The fourth-order valence-corrected chi connectivity index (χ4v) is 4.85. The number of hydrogen-bond donors (Lipinski definition) is 0. The highest BCUT2D eigenvalue weighted by Gasteiger charge is 2.36. The molecule has 0 N–H and O–H groups in total. The second kappa shape index (κ2) is 9.90. The van der Waals surface area contributed by atoms with E-state index < -0.39 is 35.1 Å². The predicted molar refractivity (Wildman–Crippen MR) is 134 cm³/mol. The Morgan fingerprint density at radius 1 is 0.600 bits per heavy atom. The second-order valence-corrected chi connectivity index (χ2v) is 9.39. The highest BCUT2D eigenvalue weighted by atomic mass is 19.4. The number of rotatable bonds is 6. The molecule has 0 spiro atoms. The van der Waals surface area contributed by atoms with Crippen molar-refractivity contribution in [1.82, 2.24) is 19.1 Å².